The van der Waals surface area contributed by atoms with E-state index in [1.54, 1.807) is 36.4 Å². The van der Waals surface area contributed by atoms with Crippen LogP contribution in [0.1, 0.15) is 62.2 Å². The number of rotatable bonds is 15. The normalized spacial score (nSPS) is 14.7. The third-order valence-electron chi connectivity index (χ3n) is 5.93. The van der Waals surface area contributed by atoms with Gasteiger partial charge in [-0.25, -0.2) is 13.4 Å². The molecule has 0 radical (unpaired) electrons. The third-order valence-corrected chi connectivity index (χ3v) is 7.13. The Morgan fingerprint density at radius 3 is 2.24 bits per heavy atom. The zero-order chi connectivity index (χ0) is 27.4. The number of hydrogen-bond donors (Lipinski definition) is 5. The molecule has 2 aromatic rings. The molecule has 4 atom stereocenters. The Morgan fingerprint density at radius 2 is 1.71 bits per heavy atom. The van der Waals surface area contributed by atoms with Gasteiger partial charge in [0.25, 0.3) is 0 Å². The summed E-state index contributed by atoms with van der Waals surface area (Å²) < 4.78 is 41.8. The molecular formula is C26H36N3NaO7S. The van der Waals surface area contributed by atoms with Crippen LogP contribution in [-0.2, 0) is 10.1 Å². The van der Waals surface area contributed by atoms with E-state index in [1.807, 2.05) is 6.92 Å². The van der Waals surface area contributed by atoms with Crippen molar-refractivity contribution in [2.45, 2.75) is 62.5 Å². The fourth-order valence-electron chi connectivity index (χ4n) is 3.89. The third kappa shape index (κ3) is 11.7. The van der Waals surface area contributed by atoms with Gasteiger partial charge in [-0.1, -0.05) is 43.3 Å². The van der Waals surface area contributed by atoms with Gasteiger partial charge in [0.2, 0.25) is 0 Å². The van der Waals surface area contributed by atoms with Crippen LogP contribution in [0.2, 0.25) is 0 Å². The summed E-state index contributed by atoms with van der Waals surface area (Å²) >= 11 is 0. The quantitative estimate of drug-likeness (QED) is 0.0639. The van der Waals surface area contributed by atoms with Crippen molar-refractivity contribution in [1.82, 2.24) is 0 Å². The van der Waals surface area contributed by atoms with E-state index in [0.717, 1.165) is 5.56 Å². The molecule has 0 aliphatic rings. The number of hydrogen-bond acceptors (Lipinski definition) is 8. The Hall–Kier alpha value is -2.12. The number of phenols is 1. The molecule has 0 saturated carbocycles. The molecule has 2 rings (SSSR count). The second-order valence-corrected chi connectivity index (χ2v) is 10.4. The summed E-state index contributed by atoms with van der Waals surface area (Å²) in [5.74, 6) is 0.254. The molecule has 0 aromatic heterocycles. The van der Waals surface area contributed by atoms with Crippen LogP contribution in [0.4, 0.5) is 0 Å². The first-order valence-corrected chi connectivity index (χ1v) is 13.5. The smallest absolute Gasteiger partial charge is 0.748 e. The number of benzene rings is 2. The van der Waals surface area contributed by atoms with Crippen molar-refractivity contribution in [3.05, 3.63) is 71.8 Å². The minimum atomic E-state index is -4.59. The van der Waals surface area contributed by atoms with Crippen molar-refractivity contribution in [1.29, 1.82) is 0 Å². The first kappa shape index (κ1) is 33.9. The second-order valence-electron chi connectivity index (χ2n) is 8.72. The zero-order valence-electron chi connectivity index (χ0n) is 21.8. The summed E-state index contributed by atoms with van der Waals surface area (Å²) in [4.78, 5) is 4.02. The van der Waals surface area contributed by atoms with Gasteiger partial charge in [0.15, 0.2) is 12.2 Å². The summed E-state index contributed by atoms with van der Waals surface area (Å²) in [6.45, 7) is 1.89. The Balaban J connectivity index is 0.00000722. The number of guanidine groups is 1. The van der Waals surface area contributed by atoms with Crippen molar-refractivity contribution < 1.29 is 62.6 Å². The van der Waals surface area contributed by atoms with E-state index in [4.69, 9.17) is 21.3 Å². The van der Waals surface area contributed by atoms with E-state index >= 15 is 0 Å². The fourth-order valence-corrected chi connectivity index (χ4v) is 4.70. The summed E-state index contributed by atoms with van der Waals surface area (Å²) in [5, 5.41) is 27.5. The average Bonchev–Trinajstić information content (AvgIpc) is 2.84. The summed E-state index contributed by atoms with van der Waals surface area (Å²) in [6, 6.07) is 13.0. The maximum atomic E-state index is 12.0. The van der Waals surface area contributed by atoms with E-state index in [9.17, 15) is 23.2 Å². The minimum Gasteiger partial charge on any atom is -0.748 e. The molecule has 0 aliphatic heterocycles. The molecule has 0 saturated heterocycles. The van der Waals surface area contributed by atoms with Crippen LogP contribution >= 0.6 is 0 Å². The molecule has 0 spiro atoms. The second kappa shape index (κ2) is 16.8. The number of aliphatic imine (C=N–C) groups is 1. The SMILES string of the molecule is CCC(CC(CC=CC(O)c1ccc(O)cc1)S(=O)(=O)[O-])c1ccc(OC(CCCO)N=C(N)N)cc1.[Na+]. The van der Waals surface area contributed by atoms with E-state index in [0.29, 0.717) is 30.6 Å². The molecule has 204 valence electrons. The topological polar surface area (TPSA) is 192 Å². The summed E-state index contributed by atoms with van der Waals surface area (Å²) in [5.41, 5.74) is 12.3. The summed E-state index contributed by atoms with van der Waals surface area (Å²) in [6.07, 6.45) is 2.86. The number of aliphatic hydroxyl groups excluding tert-OH is 2. The van der Waals surface area contributed by atoms with Crippen molar-refractivity contribution in [2.24, 2.45) is 16.5 Å². The summed E-state index contributed by atoms with van der Waals surface area (Å²) in [7, 11) is -4.59. The average molecular weight is 558 g/mol. The van der Waals surface area contributed by atoms with Crippen molar-refractivity contribution in [3.8, 4) is 11.5 Å². The van der Waals surface area contributed by atoms with Gasteiger partial charge in [-0.3, -0.25) is 0 Å². The molecule has 0 heterocycles. The van der Waals surface area contributed by atoms with Crippen LogP contribution in [0.5, 0.6) is 11.5 Å². The predicted molar refractivity (Wildman–Crippen MR) is 141 cm³/mol. The Morgan fingerprint density at radius 1 is 1.11 bits per heavy atom. The zero-order valence-corrected chi connectivity index (χ0v) is 24.6. The van der Waals surface area contributed by atoms with Crippen LogP contribution in [0, 0.1) is 0 Å². The molecule has 0 bridgehead atoms. The van der Waals surface area contributed by atoms with Crippen molar-refractivity contribution in [2.75, 3.05) is 6.61 Å². The Labute approximate surface area is 246 Å². The van der Waals surface area contributed by atoms with Crippen LogP contribution in [0.25, 0.3) is 0 Å². The molecule has 0 amide bonds. The number of ether oxygens (including phenoxy) is 1. The fraction of sp³-hybridized carbons (Fsp3) is 0.423. The van der Waals surface area contributed by atoms with Gasteiger partial charge in [-0.2, -0.15) is 0 Å². The number of nitrogens with two attached hydrogens (primary N) is 2. The molecule has 2 aromatic carbocycles. The maximum absolute atomic E-state index is 12.0. The maximum Gasteiger partial charge on any atom is 1.00 e. The van der Waals surface area contributed by atoms with Gasteiger partial charge < -0.3 is 36.1 Å². The molecular weight excluding hydrogens is 521 g/mol. The molecule has 4 unspecified atom stereocenters. The Kier molecular flexibility index (Phi) is 15.0. The van der Waals surface area contributed by atoms with Crippen LogP contribution in [0.15, 0.2) is 65.7 Å². The number of phenolic OH excluding ortho intramolecular Hbond substituents is 1. The molecule has 0 aliphatic carbocycles. The van der Waals surface area contributed by atoms with Gasteiger partial charge in [-0.05, 0) is 67.0 Å². The monoisotopic (exact) mass is 557 g/mol. The van der Waals surface area contributed by atoms with E-state index < -0.39 is 27.7 Å². The minimum absolute atomic E-state index is 0. The van der Waals surface area contributed by atoms with Gasteiger partial charge in [0.05, 0.1) is 21.5 Å². The molecule has 12 heteroatoms. The van der Waals surface area contributed by atoms with E-state index in [2.05, 4.69) is 4.99 Å². The number of nitrogens with zero attached hydrogens (tertiary/aromatic N) is 1. The van der Waals surface area contributed by atoms with Crippen LogP contribution in [0.3, 0.4) is 0 Å². The molecule has 38 heavy (non-hydrogen) atoms. The van der Waals surface area contributed by atoms with Gasteiger partial charge in [0, 0.05) is 13.0 Å². The van der Waals surface area contributed by atoms with Crippen LogP contribution < -0.4 is 45.8 Å². The van der Waals surface area contributed by atoms with Gasteiger partial charge >= 0.3 is 29.6 Å². The predicted octanol–water partition coefficient (Wildman–Crippen LogP) is -0.376. The van der Waals surface area contributed by atoms with Crippen molar-refractivity contribution in [3.63, 3.8) is 0 Å². The largest absolute Gasteiger partial charge is 1.00 e. The first-order chi connectivity index (χ1) is 17.5. The first-order valence-electron chi connectivity index (χ1n) is 12.1. The van der Waals surface area contributed by atoms with E-state index in [1.165, 1.54) is 24.3 Å². The molecule has 0 fully saturated rings. The standard InChI is InChI=1S/C26H37N3O7S.Na/c1-2-18(19-10-14-22(15-11-19)36-25(7-4-16-30)29-26(27)28)17-23(37(33,34)35)5-3-6-24(32)20-8-12-21(31)13-9-20;/h3,6,8-15,18,23-25,30-32H,2,4-5,7,16-17H2,1H3,(H4,27,28,29)(H,33,34,35);/q;+1/p-1. The van der Waals surface area contributed by atoms with Gasteiger partial charge in [-0.15, -0.1) is 0 Å². The van der Waals surface area contributed by atoms with E-state index in [-0.39, 0.29) is 66.6 Å². The molecule has 10 nitrogen and oxygen atoms in total. The van der Waals surface area contributed by atoms with Gasteiger partial charge in [0.1, 0.15) is 11.5 Å². The number of aliphatic hydroxyl groups is 2. The number of aromatic hydroxyl groups is 1. The molecule has 7 N–H and O–H groups in total. The van der Waals surface area contributed by atoms with Crippen LogP contribution in [-0.4, -0.2) is 52.3 Å². The van der Waals surface area contributed by atoms with Crippen molar-refractivity contribution >= 4 is 16.1 Å². The Bertz CT molecular complexity index is 1120. The number of allylic oxidation sites excluding steroid dienone is 1.